The standard InChI is InChI=1S/C10H10ClN3O3S2/c1-3-4-5-13-14-9(17-5)19-10-12-7(11)6(18-10)8(15)16-2/h3-4H2,1-2H3. The molecule has 0 fully saturated rings. The molecule has 6 nitrogen and oxygen atoms in total. The van der Waals surface area contributed by atoms with Gasteiger partial charge in [-0.3, -0.25) is 0 Å². The summed E-state index contributed by atoms with van der Waals surface area (Å²) in [5, 5.41) is 8.28. The number of hydrogen-bond acceptors (Lipinski definition) is 8. The van der Waals surface area contributed by atoms with Crippen LogP contribution in [0.5, 0.6) is 0 Å². The summed E-state index contributed by atoms with van der Waals surface area (Å²) in [6.07, 6.45) is 1.67. The second kappa shape index (κ2) is 6.36. The van der Waals surface area contributed by atoms with Crippen LogP contribution in [0.15, 0.2) is 14.0 Å². The second-order valence-corrected chi connectivity index (χ2v) is 5.96. The highest BCUT2D eigenvalue weighted by molar-refractivity contribution is 8.00. The molecule has 0 unspecified atom stereocenters. The van der Waals surface area contributed by atoms with Crippen molar-refractivity contribution in [3.8, 4) is 0 Å². The number of methoxy groups -OCH3 is 1. The quantitative estimate of drug-likeness (QED) is 0.783. The minimum atomic E-state index is -0.508. The molecule has 0 N–H and O–H groups in total. The van der Waals surface area contributed by atoms with Crippen molar-refractivity contribution in [1.82, 2.24) is 15.2 Å². The maximum Gasteiger partial charge on any atom is 0.351 e. The van der Waals surface area contributed by atoms with Crippen molar-refractivity contribution in [3.63, 3.8) is 0 Å². The third-order valence-corrected chi connectivity index (χ3v) is 4.34. The number of nitrogens with zero attached hydrogens (tertiary/aromatic N) is 3. The number of esters is 1. The number of thiazole rings is 1. The summed E-state index contributed by atoms with van der Waals surface area (Å²) in [6, 6.07) is 0. The smallest absolute Gasteiger partial charge is 0.351 e. The van der Waals surface area contributed by atoms with Gasteiger partial charge < -0.3 is 9.15 Å². The fraction of sp³-hybridized carbons (Fsp3) is 0.400. The number of ether oxygens (including phenoxy) is 1. The first kappa shape index (κ1) is 14.3. The zero-order valence-corrected chi connectivity index (χ0v) is 12.6. The van der Waals surface area contributed by atoms with Gasteiger partial charge in [-0.05, 0) is 6.42 Å². The monoisotopic (exact) mass is 319 g/mol. The summed E-state index contributed by atoms with van der Waals surface area (Å²) in [6.45, 7) is 2.03. The first-order valence-electron chi connectivity index (χ1n) is 5.39. The largest absolute Gasteiger partial charge is 0.465 e. The lowest BCUT2D eigenvalue weighted by Crippen LogP contribution is -1.98. The lowest BCUT2D eigenvalue weighted by atomic mass is 10.3. The summed E-state index contributed by atoms with van der Waals surface area (Å²) < 4.78 is 10.6. The molecule has 0 saturated heterocycles. The van der Waals surface area contributed by atoms with Gasteiger partial charge in [-0.2, -0.15) is 0 Å². The zero-order chi connectivity index (χ0) is 13.8. The topological polar surface area (TPSA) is 78.1 Å². The average Bonchev–Trinajstić information content (AvgIpc) is 2.96. The zero-order valence-electron chi connectivity index (χ0n) is 10.2. The minimum Gasteiger partial charge on any atom is -0.465 e. The lowest BCUT2D eigenvalue weighted by Gasteiger charge is -1.92. The van der Waals surface area contributed by atoms with E-state index in [1.54, 1.807) is 0 Å². The predicted octanol–water partition coefficient (Wildman–Crippen LogP) is 3.07. The van der Waals surface area contributed by atoms with E-state index in [0.717, 1.165) is 24.2 Å². The van der Waals surface area contributed by atoms with E-state index in [4.69, 9.17) is 16.0 Å². The average molecular weight is 320 g/mol. The van der Waals surface area contributed by atoms with Crippen LogP contribution in [0.2, 0.25) is 5.15 Å². The summed E-state index contributed by atoms with van der Waals surface area (Å²) in [5.74, 6) is 0.0763. The first-order valence-corrected chi connectivity index (χ1v) is 7.40. The van der Waals surface area contributed by atoms with Crippen molar-refractivity contribution in [3.05, 3.63) is 15.9 Å². The number of halogens is 1. The van der Waals surface area contributed by atoms with Crippen molar-refractivity contribution in [1.29, 1.82) is 0 Å². The molecule has 0 aliphatic carbocycles. The van der Waals surface area contributed by atoms with Crippen molar-refractivity contribution in [2.75, 3.05) is 7.11 Å². The maximum atomic E-state index is 11.4. The second-order valence-electron chi connectivity index (χ2n) is 3.41. The summed E-state index contributed by atoms with van der Waals surface area (Å²) in [4.78, 5) is 15.7. The van der Waals surface area contributed by atoms with Gasteiger partial charge in [0.05, 0.1) is 7.11 Å². The van der Waals surface area contributed by atoms with E-state index in [2.05, 4.69) is 19.9 Å². The number of rotatable bonds is 5. The Morgan fingerprint density at radius 3 is 3.00 bits per heavy atom. The van der Waals surface area contributed by atoms with Crippen LogP contribution in [-0.4, -0.2) is 28.3 Å². The lowest BCUT2D eigenvalue weighted by molar-refractivity contribution is 0.0606. The number of carbonyl (C=O) groups excluding carboxylic acids is 1. The number of hydrogen-bond donors (Lipinski definition) is 0. The van der Waals surface area contributed by atoms with Gasteiger partial charge in [0.15, 0.2) is 14.4 Å². The summed E-state index contributed by atoms with van der Waals surface area (Å²) in [7, 11) is 1.29. The molecule has 2 aromatic heterocycles. The fourth-order valence-corrected chi connectivity index (χ4v) is 3.34. The molecule has 0 saturated carbocycles. The van der Waals surface area contributed by atoms with Crippen LogP contribution < -0.4 is 0 Å². The van der Waals surface area contributed by atoms with Crippen LogP contribution in [0, 0.1) is 0 Å². The molecule has 0 aliphatic rings. The highest BCUT2D eigenvalue weighted by Gasteiger charge is 2.19. The van der Waals surface area contributed by atoms with Crippen LogP contribution >= 0.6 is 34.7 Å². The van der Waals surface area contributed by atoms with Gasteiger partial charge in [-0.25, -0.2) is 9.78 Å². The van der Waals surface area contributed by atoms with E-state index >= 15 is 0 Å². The van der Waals surface area contributed by atoms with Gasteiger partial charge in [0.1, 0.15) is 0 Å². The van der Waals surface area contributed by atoms with E-state index in [0.29, 0.717) is 15.5 Å². The maximum absolute atomic E-state index is 11.4. The van der Waals surface area contributed by atoms with Crippen LogP contribution in [-0.2, 0) is 11.2 Å². The molecule has 102 valence electrons. The van der Waals surface area contributed by atoms with E-state index in [1.807, 2.05) is 6.92 Å². The van der Waals surface area contributed by atoms with Crippen molar-refractivity contribution in [2.45, 2.75) is 29.3 Å². The van der Waals surface area contributed by atoms with Gasteiger partial charge in [-0.15, -0.1) is 10.2 Å². The normalized spacial score (nSPS) is 10.7. The Kier molecular flexibility index (Phi) is 4.78. The molecule has 9 heteroatoms. The number of aromatic nitrogens is 3. The van der Waals surface area contributed by atoms with Gasteiger partial charge in [0.2, 0.25) is 5.89 Å². The molecule has 0 aromatic carbocycles. The molecule has 2 heterocycles. The molecule has 2 rings (SSSR count). The van der Waals surface area contributed by atoms with Crippen LogP contribution in [0.25, 0.3) is 0 Å². The third-order valence-electron chi connectivity index (χ3n) is 2.02. The molecule has 0 atom stereocenters. The SMILES string of the molecule is CCCc1nnc(Sc2nc(Cl)c(C(=O)OC)s2)o1. The highest BCUT2D eigenvalue weighted by atomic mass is 35.5. The molecule has 0 bridgehead atoms. The van der Waals surface area contributed by atoms with Crippen molar-refractivity contribution in [2.24, 2.45) is 0 Å². The van der Waals surface area contributed by atoms with E-state index in [9.17, 15) is 4.79 Å². The predicted molar refractivity (Wildman–Crippen MR) is 70.9 cm³/mol. The van der Waals surface area contributed by atoms with Crippen LogP contribution in [0.4, 0.5) is 0 Å². The molecular formula is C10H10ClN3O3S2. The Hall–Kier alpha value is -1.12. The van der Waals surface area contributed by atoms with E-state index in [1.165, 1.54) is 18.9 Å². The number of aryl methyl sites for hydroxylation is 1. The van der Waals surface area contributed by atoms with Gasteiger partial charge in [0.25, 0.3) is 5.22 Å². The molecule has 0 amide bonds. The van der Waals surface area contributed by atoms with Gasteiger partial charge >= 0.3 is 5.97 Å². The molecule has 19 heavy (non-hydrogen) atoms. The number of carbonyl (C=O) groups is 1. The van der Waals surface area contributed by atoms with E-state index in [-0.39, 0.29) is 10.0 Å². The fourth-order valence-electron chi connectivity index (χ4n) is 1.21. The summed E-state index contributed by atoms with van der Waals surface area (Å²) in [5.41, 5.74) is 0. The molecular weight excluding hydrogens is 310 g/mol. The third kappa shape index (κ3) is 3.46. The Morgan fingerprint density at radius 1 is 1.53 bits per heavy atom. The van der Waals surface area contributed by atoms with Crippen molar-refractivity contribution >= 4 is 40.7 Å². The van der Waals surface area contributed by atoms with Crippen molar-refractivity contribution < 1.29 is 13.9 Å². The Bertz CT molecular complexity index is 584. The molecule has 0 aliphatic heterocycles. The Labute approximate surface area is 122 Å². The molecule has 0 spiro atoms. The van der Waals surface area contributed by atoms with Gasteiger partial charge in [0, 0.05) is 18.2 Å². The molecule has 2 aromatic rings. The van der Waals surface area contributed by atoms with Crippen LogP contribution in [0.1, 0.15) is 28.9 Å². The minimum absolute atomic E-state index is 0.118. The highest BCUT2D eigenvalue weighted by Crippen LogP contribution is 2.34. The Balaban J connectivity index is 2.12. The molecule has 0 radical (unpaired) electrons. The van der Waals surface area contributed by atoms with E-state index < -0.39 is 5.97 Å². The Morgan fingerprint density at radius 2 is 2.32 bits per heavy atom. The van der Waals surface area contributed by atoms with Crippen LogP contribution in [0.3, 0.4) is 0 Å². The summed E-state index contributed by atoms with van der Waals surface area (Å²) >= 11 is 8.16. The van der Waals surface area contributed by atoms with Gasteiger partial charge in [-0.1, -0.05) is 29.9 Å². The first-order chi connectivity index (χ1) is 9.13.